The van der Waals surface area contributed by atoms with Crippen molar-refractivity contribution >= 4 is 10.9 Å². The third kappa shape index (κ3) is 2.28. The van der Waals surface area contributed by atoms with Gasteiger partial charge in [-0.05, 0) is 24.0 Å². The van der Waals surface area contributed by atoms with Gasteiger partial charge in [0.2, 0.25) is 0 Å². The highest BCUT2D eigenvalue weighted by Crippen LogP contribution is 2.22. The van der Waals surface area contributed by atoms with Crippen LogP contribution in [0.15, 0.2) is 30.5 Å². The molecule has 18 heavy (non-hydrogen) atoms. The number of aromatic amines is 1. The number of aromatic nitrogens is 1. The first-order valence-electron chi connectivity index (χ1n) is 6.75. The quantitative estimate of drug-likeness (QED) is 0.850. The molecule has 1 aromatic heterocycles. The Morgan fingerprint density at radius 3 is 3.00 bits per heavy atom. The van der Waals surface area contributed by atoms with E-state index in [1.54, 1.807) is 0 Å². The molecule has 0 radical (unpaired) electrons. The molecule has 3 N–H and O–H groups in total. The van der Waals surface area contributed by atoms with E-state index in [4.69, 9.17) is 5.73 Å². The van der Waals surface area contributed by atoms with Crippen molar-refractivity contribution in [3.8, 4) is 0 Å². The summed E-state index contributed by atoms with van der Waals surface area (Å²) in [4.78, 5) is 5.82. The standard InChI is InChI=1S/C15H21N3/c1-11-6-13(16)10-18(8-11)9-12-7-17-15-5-3-2-4-14(12)15/h2-5,7,11,13,17H,6,8-10,16H2,1H3. The molecule has 3 heteroatoms. The molecule has 0 saturated carbocycles. The SMILES string of the molecule is CC1CC(N)CN(Cc2c[nH]c3ccccc23)C1. The fourth-order valence-electron chi connectivity index (χ4n) is 3.15. The third-order valence-electron chi connectivity index (χ3n) is 3.84. The normalized spacial score (nSPS) is 25.7. The van der Waals surface area contributed by atoms with E-state index in [-0.39, 0.29) is 0 Å². The van der Waals surface area contributed by atoms with Crippen LogP contribution in [0.25, 0.3) is 10.9 Å². The summed E-state index contributed by atoms with van der Waals surface area (Å²) in [7, 11) is 0. The number of piperidine rings is 1. The van der Waals surface area contributed by atoms with E-state index in [0.717, 1.165) is 26.1 Å². The molecule has 3 rings (SSSR count). The van der Waals surface area contributed by atoms with Crippen LogP contribution >= 0.6 is 0 Å². The first kappa shape index (κ1) is 11.8. The lowest BCUT2D eigenvalue weighted by Gasteiger charge is -2.34. The minimum Gasteiger partial charge on any atom is -0.361 e. The van der Waals surface area contributed by atoms with Crippen LogP contribution < -0.4 is 5.73 Å². The highest BCUT2D eigenvalue weighted by molar-refractivity contribution is 5.82. The van der Waals surface area contributed by atoms with E-state index in [2.05, 4.69) is 47.3 Å². The van der Waals surface area contributed by atoms with Crippen LogP contribution in [0.1, 0.15) is 18.9 Å². The second-order valence-electron chi connectivity index (χ2n) is 5.65. The van der Waals surface area contributed by atoms with Crippen LogP contribution in [-0.2, 0) is 6.54 Å². The van der Waals surface area contributed by atoms with E-state index in [0.29, 0.717) is 12.0 Å². The van der Waals surface area contributed by atoms with Crippen molar-refractivity contribution in [1.29, 1.82) is 0 Å². The zero-order valence-electron chi connectivity index (χ0n) is 10.9. The number of likely N-dealkylation sites (tertiary alicyclic amines) is 1. The van der Waals surface area contributed by atoms with Gasteiger partial charge in [-0.25, -0.2) is 0 Å². The van der Waals surface area contributed by atoms with Gasteiger partial charge in [-0.3, -0.25) is 4.90 Å². The number of rotatable bonds is 2. The molecule has 3 nitrogen and oxygen atoms in total. The number of hydrogen-bond acceptors (Lipinski definition) is 2. The molecule has 2 heterocycles. The summed E-state index contributed by atoms with van der Waals surface area (Å²) in [6.07, 6.45) is 3.29. The molecule has 2 unspecified atom stereocenters. The number of nitrogens with two attached hydrogens (primary N) is 1. The predicted molar refractivity (Wildman–Crippen MR) is 75.3 cm³/mol. The zero-order valence-corrected chi connectivity index (χ0v) is 10.9. The van der Waals surface area contributed by atoms with Gasteiger partial charge in [-0.15, -0.1) is 0 Å². The number of benzene rings is 1. The number of hydrogen-bond donors (Lipinski definition) is 2. The maximum Gasteiger partial charge on any atom is 0.0457 e. The van der Waals surface area contributed by atoms with Crippen LogP contribution in [0, 0.1) is 5.92 Å². The Hall–Kier alpha value is -1.32. The topological polar surface area (TPSA) is 45.0 Å². The molecule has 2 atom stereocenters. The van der Waals surface area contributed by atoms with Gasteiger partial charge in [0.15, 0.2) is 0 Å². The van der Waals surface area contributed by atoms with Gasteiger partial charge in [0, 0.05) is 42.8 Å². The highest BCUT2D eigenvalue weighted by atomic mass is 15.1. The second-order valence-corrected chi connectivity index (χ2v) is 5.65. The lowest BCUT2D eigenvalue weighted by molar-refractivity contribution is 0.159. The van der Waals surface area contributed by atoms with Crippen molar-refractivity contribution in [2.45, 2.75) is 25.9 Å². The monoisotopic (exact) mass is 243 g/mol. The van der Waals surface area contributed by atoms with E-state index >= 15 is 0 Å². The van der Waals surface area contributed by atoms with Crippen LogP contribution in [0.2, 0.25) is 0 Å². The maximum absolute atomic E-state index is 6.11. The molecule has 1 saturated heterocycles. The average Bonchev–Trinajstić information content (AvgIpc) is 2.72. The molecule has 0 spiro atoms. The summed E-state index contributed by atoms with van der Waals surface area (Å²) in [5.74, 6) is 0.707. The van der Waals surface area contributed by atoms with E-state index in [9.17, 15) is 0 Å². The van der Waals surface area contributed by atoms with Crippen molar-refractivity contribution in [2.75, 3.05) is 13.1 Å². The van der Waals surface area contributed by atoms with E-state index < -0.39 is 0 Å². The third-order valence-corrected chi connectivity index (χ3v) is 3.84. The Kier molecular flexibility index (Phi) is 3.10. The highest BCUT2D eigenvalue weighted by Gasteiger charge is 2.22. The Labute approximate surface area is 108 Å². The van der Waals surface area contributed by atoms with E-state index in [1.165, 1.54) is 16.5 Å². The van der Waals surface area contributed by atoms with Gasteiger partial charge in [-0.1, -0.05) is 25.1 Å². The summed E-state index contributed by atoms with van der Waals surface area (Å²) in [5.41, 5.74) is 8.71. The summed E-state index contributed by atoms with van der Waals surface area (Å²) in [6.45, 7) is 5.47. The molecule has 0 aliphatic carbocycles. The number of nitrogens with zero attached hydrogens (tertiary/aromatic N) is 1. The van der Waals surface area contributed by atoms with Gasteiger partial charge in [0.25, 0.3) is 0 Å². The Bertz CT molecular complexity index is 521. The lowest BCUT2D eigenvalue weighted by Crippen LogP contribution is -2.45. The van der Waals surface area contributed by atoms with E-state index in [1.807, 2.05) is 0 Å². The number of nitrogens with one attached hydrogen (secondary N) is 1. The van der Waals surface area contributed by atoms with Crippen LogP contribution in [0.4, 0.5) is 0 Å². The number of fused-ring (bicyclic) bond motifs is 1. The summed E-state index contributed by atoms with van der Waals surface area (Å²) in [5, 5.41) is 1.34. The van der Waals surface area contributed by atoms with Gasteiger partial charge in [-0.2, -0.15) is 0 Å². The Balaban J connectivity index is 1.79. The van der Waals surface area contributed by atoms with Crippen LogP contribution in [0.3, 0.4) is 0 Å². The molecule has 0 amide bonds. The lowest BCUT2D eigenvalue weighted by atomic mass is 9.96. The molecular formula is C15H21N3. The van der Waals surface area contributed by atoms with Crippen molar-refractivity contribution in [1.82, 2.24) is 9.88 Å². The number of H-pyrrole nitrogens is 1. The zero-order chi connectivity index (χ0) is 12.5. The molecule has 96 valence electrons. The maximum atomic E-state index is 6.11. The summed E-state index contributed by atoms with van der Waals surface area (Å²) in [6, 6.07) is 8.82. The Morgan fingerprint density at radius 1 is 1.33 bits per heavy atom. The van der Waals surface area contributed by atoms with Crippen LogP contribution in [0.5, 0.6) is 0 Å². The predicted octanol–water partition coefficient (Wildman–Crippen LogP) is 2.34. The van der Waals surface area contributed by atoms with Gasteiger partial charge < -0.3 is 10.7 Å². The molecule has 1 aliphatic heterocycles. The van der Waals surface area contributed by atoms with Crippen molar-refractivity contribution in [3.05, 3.63) is 36.0 Å². The molecule has 2 aromatic rings. The molecule has 1 aromatic carbocycles. The Morgan fingerprint density at radius 2 is 2.17 bits per heavy atom. The summed E-state index contributed by atoms with van der Waals surface area (Å²) >= 11 is 0. The summed E-state index contributed by atoms with van der Waals surface area (Å²) < 4.78 is 0. The second kappa shape index (κ2) is 4.75. The van der Waals surface area contributed by atoms with Gasteiger partial charge in [0.1, 0.15) is 0 Å². The smallest absolute Gasteiger partial charge is 0.0457 e. The average molecular weight is 243 g/mol. The first-order chi connectivity index (χ1) is 8.72. The molecule has 1 aliphatic rings. The minimum absolute atomic E-state index is 0.332. The van der Waals surface area contributed by atoms with Gasteiger partial charge >= 0.3 is 0 Å². The van der Waals surface area contributed by atoms with Crippen molar-refractivity contribution in [2.24, 2.45) is 11.7 Å². The fraction of sp³-hybridized carbons (Fsp3) is 0.467. The molecular weight excluding hydrogens is 222 g/mol. The molecule has 1 fully saturated rings. The first-order valence-corrected chi connectivity index (χ1v) is 6.75. The largest absolute Gasteiger partial charge is 0.361 e. The van der Waals surface area contributed by atoms with Crippen LogP contribution in [-0.4, -0.2) is 29.0 Å². The fourth-order valence-corrected chi connectivity index (χ4v) is 3.15. The van der Waals surface area contributed by atoms with Gasteiger partial charge in [0.05, 0.1) is 0 Å². The van der Waals surface area contributed by atoms with Crippen molar-refractivity contribution in [3.63, 3.8) is 0 Å². The minimum atomic E-state index is 0.332. The van der Waals surface area contributed by atoms with Crippen molar-refractivity contribution < 1.29 is 0 Å². The number of para-hydroxylation sites is 1. The molecule has 0 bridgehead atoms.